The highest BCUT2D eigenvalue weighted by atomic mass is 19.1. The van der Waals surface area contributed by atoms with Crippen LogP contribution in [0, 0.1) is 90.7 Å². The Morgan fingerprint density at radius 3 is 0.800 bits per heavy atom. The number of likely N-dealkylation sites (N-methyl/N-ethyl adjacent to an activating group) is 4. The largest absolute Gasteiger partial charge is 0.298 e. The maximum atomic E-state index is 13.0. The fourth-order valence-corrected chi connectivity index (χ4v) is 11.5. The van der Waals surface area contributed by atoms with Crippen LogP contribution >= 0.6 is 0 Å². The molecule has 0 saturated heterocycles. The van der Waals surface area contributed by atoms with Crippen LogP contribution < -0.4 is 0 Å². The van der Waals surface area contributed by atoms with Gasteiger partial charge in [0.05, 0.1) is 24.2 Å². The second kappa shape index (κ2) is 43.5. The Hall–Kier alpha value is -5.71. The van der Waals surface area contributed by atoms with Crippen LogP contribution in [0.4, 0.5) is 4.39 Å². The van der Waals surface area contributed by atoms with Gasteiger partial charge in [-0.25, -0.2) is 4.39 Å². The normalized spacial score (nSPS) is 16.2. The Bertz CT molecular complexity index is 2850. The number of hydrogen-bond donors (Lipinski definition) is 0. The molecular formula is C86H135FN4O4. The number of nitrogens with zero attached hydrogens (tertiary/aromatic N) is 4. The number of allylic oxidation sites excluding steroid dienone is 4. The van der Waals surface area contributed by atoms with Crippen LogP contribution in [0.2, 0.25) is 0 Å². The topological polar surface area (TPSA) is 81.2 Å². The number of rotatable bonds is 32. The summed E-state index contributed by atoms with van der Waals surface area (Å²) in [5.41, 5.74) is 7.15. The number of carbonyl (C=O) groups excluding carboxylic acids is 4. The molecule has 0 spiro atoms. The lowest BCUT2D eigenvalue weighted by Gasteiger charge is -2.37. The zero-order chi connectivity index (χ0) is 72.9. The quantitative estimate of drug-likeness (QED) is 0.0478. The predicted octanol–water partition coefficient (Wildman–Crippen LogP) is 20.4. The Labute approximate surface area is 581 Å². The number of benzene rings is 4. The first-order valence-corrected chi connectivity index (χ1v) is 35.9. The lowest BCUT2D eigenvalue weighted by molar-refractivity contribution is -0.130. The van der Waals surface area contributed by atoms with E-state index in [9.17, 15) is 23.6 Å². The van der Waals surface area contributed by atoms with Gasteiger partial charge in [0.2, 0.25) is 0 Å². The van der Waals surface area contributed by atoms with Crippen molar-refractivity contribution in [1.82, 2.24) is 19.6 Å². The molecule has 0 aliphatic carbocycles. The van der Waals surface area contributed by atoms with E-state index in [0.717, 1.165) is 5.56 Å². The number of hydrogen-bond acceptors (Lipinski definition) is 8. The number of Topliss-reactive ketones (excluding diaryl/α,β-unsaturated/α-hetero) is 4. The third-order valence-electron chi connectivity index (χ3n) is 19.9. The first-order chi connectivity index (χ1) is 44.2. The van der Waals surface area contributed by atoms with Crippen LogP contribution in [-0.2, 0) is 19.2 Å². The highest BCUT2D eigenvalue weighted by Crippen LogP contribution is 2.30. The summed E-state index contributed by atoms with van der Waals surface area (Å²) in [6.07, 6.45) is 17.4. The summed E-state index contributed by atoms with van der Waals surface area (Å²) >= 11 is 0. The number of ketones is 4. The molecule has 4 aromatic rings. The van der Waals surface area contributed by atoms with Crippen molar-refractivity contribution < 1.29 is 23.6 Å². The number of aryl methyl sites for hydroxylation is 2. The van der Waals surface area contributed by atoms with Gasteiger partial charge in [0.25, 0.3) is 0 Å². The molecule has 0 fully saturated rings. The third kappa shape index (κ3) is 29.9. The first-order valence-electron chi connectivity index (χ1n) is 35.9. The van der Waals surface area contributed by atoms with Crippen molar-refractivity contribution in [2.75, 3.05) is 28.2 Å². The smallest absolute Gasteiger partial charge is 0.152 e. The Balaban J connectivity index is 0.000000633. The lowest BCUT2D eigenvalue weighted by atomic mass is 9.82. The fraction of sp³-hybridized carbons (Fsp3) is 0.581. The third-order valence-corrected chi connectivity index (χ3v) is 19.9. The molecule has 0 aliphatic heterocycles. The van der Waals surface area contributed by atoms with Gasteiger partial charge in [-0.1, -0.05) is 262 Å². The minimum atomic E-state index is -0.227. The van der Waals surface area contributed by atoms with E-state index < -0.39 is 0 Å². The van der Waals surface area contributed by atoms with Crippen LogP contribution in [0.1, 0.15) is 200 Å². The summed E-state index contributed by atoms with van der Waals surface area (Å²) in [5.74, 6) is 3.56. The molecule has 4 rings (SSSR count). The van der Waals surface area contributed by atoms with Crippen LogP contribution in [-0.4, -0.2) is 119 Å². The molecule has 0 saturated carbocycles. The Morgan fingerprint density at radius 1 is 0.305 bits per heavy atom. The molecule has 4 aromatic carbocycles. The van der Waals surface area contributed by atoms with Crippen molar-refractivity contribution in [1.29, 1.82) is 0 Å². The molecule has 530 valence electrons. The summed E-state index contributed by atoms with van der Waals surface area (Å²) in [6.45, 7) is 54.8. The van der Waals surface area contributed by atoms with E-state index in [1.165, 1.54) is 39.9 Å². The molecule has 8 nitrogen and oxygen atoms in total. The van der Waals surface area contributed by atoms with E-state index in [1.54, 1.807) is 12.1 Å². The molecule has 0 amide bonds. The van der Waals surface area contributed by atoms with Crippen molar-refractivity contribution in [2.24, 2.45) is 71.0 Å². The molecular weight excluding hydrogens is 1170 g/mol. The van der Waals surface area contributed by atoms with Crippen LogP contribution in [0.5, 0.6) is 0 Å². The second-order valence-corrected chi connectivity index (χ2v) is 30.1. The maximum Gasteiger partial charge on any atom is 0.152 e. The van der Waals surface area contributed by atoms with Gasteiger partial charge < -0.3 is 0 Å². The Morgan fingerprint density at radius 2 is 0.547 bits per heavy atom. The van der Waals surface area contributed by atoms with E-state index in [1.807, 2.05) is 86.7 Å². The van der Waals surface area contributed by atoms with Crippen LogP contribution in [0.15, 0.2) is 127 Å². The highest BCUT2D eigenvalue weighted by molar-refractivity contribution is 5.87. The van der Waals surface area contributed by atoms with Gasteiger partial charge in [-0.05, 0) is 179 Å². The molecule has 95 heavy (non-hydrogen) atoms. The standard InChI is InChI=1S/2C22H35NO.C21H32FNO.C21H33NO/c1-15(2)22(24)21(23(8)16(3)4)19(7)18(6)11-14-20-12-9-17(5)10-13-20;1-15(2)22(24)21(23(8)16(3)4)19(7)18(6)12-13-20-11-9-10-17(5)14-20;1-14(2)21(24)20(23(7)15(3)4)17(6)16(5)8-9-18-10-12-19(22)13-11-18;1-15(2)21(23)20(22(7)16(3)4)18(6)17(5)13-14-19-11-9-8-10-12-19/h2*9-16,18-19,21H,1-8H3;8-17,20H,1-7H3;8-18,20H,1-7H3/b14-11+;13-12+;9-8+;14-13+/t2*18-,19-,21+;16-,17-,20+;17-,18-,20+/m1111/s1. The molecule has 12 atom stereocenters. The molecule has 0 heterocycles. The maximum absolute atomic E-state index is 13.0. The van der Waals surface area contributed by atoms with Crippen molar-refractivity contribution in [3.8, 4) is 0 Å². The number of carbonyl (C=O) groups is 4. The fourth-order valence-electron chi connectivity index (χ4n) is 11.5. The van der Waals surface area contributed by atoms with Gasteiger partial charge in [-0.2, -0.15) is 0 Å². The predicted molar refractivity (Wildman–Crippen MR) is 411 cm³/mol. The van der Waals surface area contributed by atoms with E-state index in [2.05, 4.69) is 269 Å². The minimum absolute atomic E-state index is 0.0203. The monoisotopic (exact) mass is 1310 g/mol. The molecule has 0 radical (unpaired) electrons. The Kier molecular flexibility index (Phi) is 40.0. The van der Waals surface area contributed by atoms with Crippen molar-refractivity contribution in [3.05, 3.63) is 167 Å². The van der Waals surface area contributed by atoms with Crippen molar-refractivity contribution in [2.45, 2.75) is 228 Å². The van der Waals surface area contributed by atoms with Gasteiger partial charge in [-0.15, -0.1) is 0 Å². The van der Waals surface area contributed by atoms with Gasteiger partial charge >= 0.3 is 0 Å². The zero-order valence-corrected chi connectivity index (χ0v) is 65.3. The summed E-state index contributed by atoms with van der Waals surface area (Å²) in [7, 11) is 8.24. The highest BCUT2D eigenvalue weighted by Gasteiger charge is 2.37. The molecule has 0 aliphatic rings. The molecule has 0 bridgehead atoms. The van der Waals surface area contributed by atoms with E-state index >= 15 is 0 Å². The van der Waals surface area contributed by atoms with Crippen molar-refractivity contribution in [3.63, 3.8) is 0 Å². The molecule has 9 heteroatoms. The second-order valence-electron chi connectivity index (χ2n) is 30.1. The van der Waals surface area contributed by atoms with E-state index in [0.29, 0.717) is 65.1 Å². The molecule has 0 aromatic heterocycles. The summed E-state index contributed by atoms with van der Waals surface area (Å²) in [5, 5.41) is 0. The van der Waals surface area contributed by atoms with Gasteiger partial charge in [0.1, 0.15) is 5.82 Å². The summed E-state index contributed by atoms with van der Waals surface area (Å²) in [4.78, 5) is 59.9. The minimum Gasteiger partial charge on any atom is -0.298 e. The summed E-state index contributed by atoms with van der Waals surface area (Å²) in [6, 6.07) is 35.0. The average Bonchev–Trinajstić information content (AvgIpc) is 0.940. The first kappa shape index (κ1) is 87.3. The van der Waals surface area contributed by atoms with Gasteiger partial charge in [0.15, 0.2) is 23.1 Å². The van der Waals surface area contributed by atoms with Gasteiger partial charge in [-0.3, -0.25) is 38.8 Å². The zero-order valence-electron chi connectivity index (χ0n) is 65.3. The van der Waals surface area contributed by atoms with E-state index in [-0.39, 0.29) is 83.2 Å². The number of halogens is 1. The average molecular weight is 1310 g/mol. The van der Waals surface area contributed by atoms with Crippen molar-refractivity contribution >= 4 is 47.4 Å². The summed E-state index contributed by atoms with van der Waals surface area (Å²) < 4.78 is 13.0. The van der Waals surface area contributed by atoms with Crippen LogP contribution in [0.25, 0.3) is 24.3 Å². The van der Waals surface area contributed by atoms with Gasteiger partial charge in [0, 0.05) is 47.8 Å². The lowest BCUT2D eigenvalue weighted by Crippen LogP contribution is -2.49. The van der Waals surface area contributed by atoms with E-state index in [4.69, 9.17) is 0 Å². The SMILES string of the molecule is CC(C)C(=O)[C@H]([C@H](C)[C@H](C)/C=C/c1ccc(F)cc1)N(C)C(C)C.CC(C)C(=O)[C@H]([C@H](C)[C@H](C)/C=C/c1ccccc1)N(C)C(C)C.Cc1ccc(/C=C/[C@@H](C)[C@@H](C)[C@@H](C(=O)C(C)C)N(C)C(C)C)cc1.Cc1cccc(/C=C/[C@@H](C)[C@@H](C)[C@@H](C(=O)C(C)C)N(C)C(C)C)c1. The molecule has 0 unspecified atom stereocenters. The molecule has 0 N–H and O–H groups in total. The van der Waals surface area contributed by atoms with Crippen LogP contribution in [0.3, 0.4) is 0 Å².